The minimum absolute atomic E-state index is 0.181. The molecule has 0 nitrogen and oxygen atoms in total. The van der Waals surface area contributed by atoms with E-state index in [2.05, 4.69) is 18.7 Å². The number of alkyl halides is 1. The Kier molecular flexibility index (Phi) is 3.56. The van der Waals surface area contributed by atoms with Gasteiger partial charge in [-0.15, -0.1) is 11.6 Å². The van der Waals surface area contributed by atoms with E-state index in [-0.39, 0.29) is 5.38 Å². The predicted molar refractivity (Wildman–Crippen MR) is 60.2 cm³/mol. The molecule has 1 rings (SSSR count). The van der Waals surface area contributed by atoms with Crippen LogP contribution in [0.3, 0.4) is 0 Å². The summed E-state index contributed by atoms with van der Waals surface area (Å²) in [5.41, 5.74) is 3.63. The summed E-state index contributed by atoms with van der Waals surface area (Å²) < 4.78 is 0. The third kappa shape index (κ3) is 2.89. The maximum atomic E-state index is 5.96. The molecular formula is C12H15Cl. The average Bonchev–Trinajstić information content (AvgIpc) is 2.03. The second-order valence-electron chi connectivity index (χ2n) is 3.42. The molecule has 1 aromatic carbocycles. The summed E-state index contributed by atoms with van der Waals surface area (Å²) in [6, 6.07) is 8.29. The summed E-state index contributed by atoms with van der Waals surface area (Å²) in [5.74, 6) is 0. The first kappa shape index (κ1) is 10.3. The van der Waals surface area contributed by atoms with Gasteiger partial charge in [0, 0.05) is 5.38 Å². The largest absolute Gasteiger partial charge is 0.123 e. The highest BCUT2D eigenvalue weighted by Crippen LogP contribution is 2.19. The molecule has 0 spiro atoms. The van der Waals surface area contributed by atoms with Gasteiger partial charge >= 0.3 is 0 Å². The fraction of sp³-hybridized carbons (Fsp3) is 0.333. The molecule has 0 saturated carbocycles. The van der Waals surface area contributed by atoms with E-state index in [1.54, 1.807) is 0 Å². The molecule has 0 fully saturated rings. The van der Waals surface area contributed by atoms with Crippen LogP contribution in [0.4, 0.5) is 0 Å². The molecule has 0 radical (unpaired) electrons. The molecule has 0 heterocycles. The summed E-state index contributed by atoms with van der Waals surface area (Å²) in [7, 11) is 0. The van der Waals surface area contributed by atoms with Crippen LogP contribution in [-0.2, 0) is 6.42 Å². The lowest BCUT2D eigenvalue weighted by Gasteiger charge is -2.09. The van der Waals surface area contributed by atoms with Crippen molar-refractivity contribution in [2.45, 2.75) is 25.6 Å². The third-order valence-electron chi connectivity index (χ3n) is 1.98. The molecule has 0 aliphatic heterocycles. The number of rotatable bonds is 3. The molecule has 0 N–H and O–H groups in total. The van der Waals surface area contributed by atoms with E-state index in [0.29, 0.717) is 0 Å². The fourth-order valence-electron chi connectivity index (χ4n) is 1.42. The number of hydrogen-bond donors (Lipinski definition) is 0. The van der Waals surface area contributed by atoms with Crippen molar-refractivity contribution in [3.05, 3.63) is 42.0 Å². The quantitative estimate of drug-likeness (QED) is 0.641. The van der Waals surface area contributed by atoms with Gasteiger partial charge in [-0.2, -0.15) is 0 Å². The standard InChI is InChI=1S/C12H15Cl/c1-9(2)12-7-5-4-6-11(12)8-10(3)13/h4-7,10H,1,8H2,2-3H3. The third-order valence-corrected chi connectivity index (χ3v) is 2.13. The molecule has 1 atom stereocenters. The van der Waals surface area contributed by atoms with Crippen molar-refractivity contribution >= 4 is 17.2 Å². The first-order valence-electron chi connectivity index (χ1n) is 4.49. The zero-order valence-corrected chi connectivity index (χ0v) is 8.93. The van der Waals surface area contributed by atoms with Gasteiger partial charge in [-0.1, -0.05) is 36.4 Å². The lowest BCUT2D eigenvalue weighted by molar-refractivity contribution is 0.928. The lowest BCUT2D eigenvalue weighted by Crippen LogP contribution is -1.99. The topological polar surface area (TPSA) is 0 Å². The molecule has 13 heavy (non-hydrogen) atoms. The van der Waals surface area contributed by atoms with Crippen molar-refractivity contribution in [2.75, 3.05) is 0 Å². The second kappa shape index (κ2) is 4.48. The first-order valence-corrected chi connectivity index (χ1v) is 4.92. The highest BCUT2D eigenvalue weighted by atomic mass is 35.5. The summed E-state index contributed by atoms with van der Waals surface area (Å²) in [5, 5.41) is 0.181. The smallest absolute Gasteiger partial charge is 0.0348 e. The Labute approximate surface area is 85.2 Å². The summed E-state index contributed by atoms with van der Waals surface area (Å²) >= 11 is 5.96. The van der Waals surface area contributed by atoms with Crippen molar-refractivity contribution in [3.8, 4) is 0 Å². The van der Waals surface area contributed by atoms with Gasteiger partial charge in [0.15, 0.2) is 0 Å². The van der Waals surface area contributed by atoms with E-state index in [1.165, 1.54) is 11.1 Å². The maximum Gasteiger partial charge on any atom is 0.0348 e. The van der Waals surface area contributed by atoms with Gasteiger partial charge in [0.05, 0.1) is 0 Å². The molecule has 0 amide bonds. The summed E-state index contributed by atoms with van der Waals surface area (Å²) in [6.07, 6.45) is 0.907. The number of allylic oxidation sites excluding steroid dienone is 1. The molecule has 0 aliphatic rings. The Hall–Kier alpha value is -0.750. The zero-order valence-electron chi connectivity index (χ0n) is 8.18. The van der Waals surface area contributed by atoms with Crippen LogP contribution in [0.1, 0.15) is 25.0 Å². The Balaban J connectivity index is 2.98. The molecule has 1 heteroatoms. The second-order valence-corrected chi connectivity index (χ2v) is 4.17. The monoisotopic (exact) mass is 194 g/mol. The highest BCUT2D eigenvalue weighted by Gasteiger charge is 2.04. The van der Waals surface area contributed by atoms with Gasteiger partial charge < -0.3 is 0 Å². The van der Waals surface area contributed by atoms with E-state index in [0.717, 1.165) is 12.0 Å². The van der Waals surface area contributed by atoms with E-state index in [9.17, 15) is 0 Å². The van der Waals surface area contributed by atoms with Gasteiger partial charge in [-0.05, 0) is 31.4 Å². The van der Waals surface area contributed by atoms with E-state index in [1.807, 2.05) is 26.0 Å². The maximum absolute atomic E-state index is 5.96. The molecule has 0 aliphatic carbocycles. The molecule has 0 aromatic heterocycles. The number of hydrogen-bond acceptors (Lipinski definition) is 0. The van der Waals surface area contributed by atoms with Crippen molar-refractivity contribution in [1.82, 2.24) is 0 Å². The zero-order chi connectivity index (χ0) is 9.84. The van der Waals surface area contributed by atoms with Gasteiger partial charge in [0.1, 0.15) is 0 Å². The van der Waals surface area contributed by atoms with Crippen LogP contribution >= 0.6 is 11.6 Å². The first-order chi connectivity index (χ1) is 6.11. The van der Waals surface area contributed by atoms with Crippen molar-refractivity contribution in [2.24, 2.45) is 0 Å². The molecule has 70 valence electrons. The molecular weight excluding hydrogens is 180 g/mol. The molecule has 1 aromatic rings. The number of halogens is 1. The van der Waals surface area contributed by atoms with E-state index < -0.39 is 0 Å². The van der Waals surface area contributed by atoms with Crippen molar-refractivity contribution in [1.29, 1.82) is 0 Å². The van der Waals surface area contributed by atoms with Crippen molar-refractivity contribution in [3.63, 3.8) is 0 Å². The molecule has 0 saturated heterocycles. The summed E-state index contributed by atoms with van der Waals surface area (Å²) in [4.78, 5) is 0. The van der Waals surface area contributed by atoms with E-state index in [4.69, 9.17) is 11.6 Å². The number of benzene rings is 1. The molecule has 1 unspecified atom stereocenters. The fourth-order valence-corrected chi connectivity index (χ4v) is 1.58. The Morgan fingerprint density at radius 2 is 2.08 bits per heavy atom. The molecule has 0 bridgehead atoms. The average molecular weight is 195 g/mol. The van der Waals surface area contributed by atoms with Crippen molar-refractivity contribution < 1.29 is 0 Å². The van der Waals surface area contributed by atoms with Gasteiger partial charge in [-0.25, -0.2) is 0 Å². The Morgan fingerprint density at radius 1 is 1.46 bits per heavy atom. The minimum Gasteiger partial charge on any atom is -0.123 e. The van der Waals surface area contributed by atoms with Crippen LogP contribution in [-0.4, -0.2) is 5.38 Å². The summed E-state index contributed by atoms with van der Waals surface area (Å²) in [6.45, 7) is 7.99. The van der Waals surface area contributed by atoms with Crippen LogP contribution in [0.5, 0.6) is 0 Å². The normalized spacial score (nSPS) is 12.5. The SMILES string of the molecule is C=C(C)c1ccccc1CC(C)Cl. The highest BCUT2D eigenvalue weighted by molar-refractivity contribution is 6.20. The predicted octanol–water partition coefficient (Wildman–Crippen LogP) is 3.89. The minimum atomic E-state index is 0.181. The van der Waals surface area contributed by atoms with Crippen LogP contribution in [0.2, 0.25) is 0 Å². The lowest BCUT2D eigenvalue weighted by atomic mass is 9.99. The van der Waals surface area contributed by atoms with Crippen LogP contribution in [0, 0.1) is 0 Å². The van der Waals surface area contributed by atoms with Crippen LogP contribution < -0.4 is 0 Å². The van der Waals surface area contributed by atoms with Gasteiger partial charge in [0.25, 0.3) is 0 Å². The van der Waals surface area contributed by atoms with Crippen LogP contribution in [0.15, 0.2) is 30.8 Å². The van der Waals surface area contributed by atoms with Gasteiger partial charge in [-0.3, -0.25) is 0 Å². The Morgan fingerprint density at radius 3 is 2.62 bits per heavy atom. The van der Waals surface area contributed by atoms with Crippen LogP contribution in [0.25, 0.3) is 5.57 Å². The van der Waals surface area contributed by atoms with E-state index >= 15 is 0 Å². The Bertz CT molecular complexity index is 300. The van der Waals surface area contributed by atoms with Gasteiger partial charge in [0.2, 0.25) is 0 Å².